The third-order valence-corrected chi connectivity index (χ3v) is 8.31. The summed E-state index contributed by atoms with van der Waals surface area (Å²) in [7, 11) is 0. The summed E-state index contributed by atoms with van der Waals surface area (Å²) in [6.45, 7) is 1.93. The van der Waals surface area contributed by atoms with Crippen molar-refractivity contribution >= 4 is 67.4 Å². The molecular weight excluding hydrogens is 532 g/mol. The molecule has 1 fully saturated rings. The van der Waals surface area contributed by atoms with E-state index in [0.717, 1.165) is 38.0 Å². The third kappa shape index (κ3) is 4.47. The number of thioether (sulfide) groups is 1. The topological polar surface area (TPSA) is 76.8 Å². The van der Waals surface area contributed by atoms with Gasteiger partial charge in [-0.2, -0.15) is 5.10 Å². The summed E-state index contributed by atoms with van der Waals surface area (Å²) in [6, 6.07) is 19.2. The van der Waals surface area contributed by atoms with Crippen LogP contribution in [0, 0.1) is 12.3 Å². The smallest absolute Gasteiger partial charge is 0.247 e. The number of halogens is 1. The van der Waals surface area contributed by atoms with Gasteiger partial charge in [0.15, 0.2) is 5.17 Å². The van der Waals surface area contributed by atoms with Gasteiger partial charge in [0.1, 0.15) is 5.25 Å². The molecule has 5 rings (SSSR count). The molecule has 2 aliphatic rings. The van der Waals surface area contributed by atoms with Crippen LogP contribution in [-0.4, -0.2) is 33.0 Å². The molecule has 2 atom stereocenters. The average molecular weight is 554 g/mol. The maximum Gasteiger partial charge on any atom is 0.247 e. The first kappa shape index (κ1) is 23.0. The molecule has 6 nitrogen and oxygen atoms in total. The lowest BCUT2D eigenvalue weighted by Gasteiger charge is -2.24. The van der Waals surface area contributed by atoms with Gasteiger partial charge in [-0.25, -0.2) is 9.91 Å². The quantitative estimate of drug-likeness (QED) is 0.245. The molecule has 1 N–H and O–H groups in total. The third-order valence-electron chi connectivity index (χ3n) is 5.80. The molecule has 3 aromatic rings. The zero-order chi connectivity index (χ0) is 23.8. The van der Waals surface area contributed by atoms with Crippen LogP contribution in [0.15, 0.2) is 75.6 Å². The van der Waals surface area contributed by atoms with E-state index >= 15 is 0 Å². The predicted molar refractivity (Wildman–Crippen MR) is 142 cm³/mol. The first-order valence-electron chi connectivity index (χ1n) is 10.8. The Morgan fingerprint density at radius 1 is 1.12 bits per heavy atom. The lowest BCUT2D eigenvalue weighted by molar-refractivity contribution is -0.121. The molecule has 0 radical (unpaired) electrons. The number of nitrogens with one attached hydrogen (secondary N) is 1. The number of thiophene rings is 1. The zero-order valence-corrected chi connectivity index (χ0v) is 21.5. The molecule has 34 heavy (non-hydrogen) atoms. The summed E-state index contributed by atoms with van der Waals surface area (Å²) in [6.07, 6.45) is 0.732. The number of hydrogen-bond acceptors (Lipinski definition) is 6. The Morgan fingerprint density at radius 2 is 1.91 bits per heavy atom. The summed E-state index contributed by atoms with van der Waals surface area (Å²) >= 11 is 6.20. The van der Waals surface area contributed by atoms with E-state index < -0.39 is 5.25 Å². The number of carbonyl (C=O) groups excluding carboxylic acids is 2. The minimum Gasteiger partial charge on any atom is -0.277 e. The normalized spacial score (nSPS) is 20.2. The minimum absolute atomic E-state index is 0.0676. The largest absolute Gasteiger partial charge is 0.277 e. The summed E-state index contributed by atoms with van der Waals surface area (Å²) < 4.78 is 0.982. The number of carbonyl (C=O) groups is 2. The van der Waals surface area contributed by atoms with Crippen LogP contribution in [0.5, 0.6) is 0 Å². The van der Waals surface area contributed by atoms with Gasteiger partial charge in [0.25, 0.3) is 0 Å². The number of rotatable bonds is 4. The van der Waals surface area contributed by atoms with E-state index in [1.807, 2.05) is 66.9 Å². The van der Waals surface area contributed by atoms with Gasteiger partial charge in [0.05, 0.1) is 22.3 Å². The van der Waals surface area contributed by atoms with Crippen molar-refractivity contribution in [2.24, 2.45) is 5.10 Å². The highest BCUT2D eigenvalue weighted by molar-refractivity contribution is 9.10. The number of hydrogen-bond donors (Lipinski definition) is 1. The van der Waals surface area contributed by atoms with Gasteiger partial charge in [0.2, 0.25) is 11.8 Å². The molecule has 2 aliphatic heterocycles. The average Bonchev–Trinajstić information content (AvgIpc) is 3.54. The number of hydrazone groups is 1. The highest BCUT2D eigenvalue weighted by Gasteiger charge is 2.42. The minimum atomic E-state index is -0.646. The van der Waals surface area contributed by atoms with E-state index in [4.69, 9.17) is 10.5 Å². The SMILES string of the molecule is Cc1cccc(N2C(=O)C[C@H](SC(=N)N3N=C(c4cccs4)C[C@H]3c3ccc(Br)cc3)C2=O)c1. The first-order chi connectivity index (χ1) is 16.4. The van der Waals surface area contributed by atoms with Crippen LogP contribution >= 0.6 is 39.0 Å². The zero-order valence-electron chi connectivity index (χ0n) is 18.3. The van der Waals surface area contributed by atoms with Crippen LogP contribution in [0.4, 0.5) is 5.69 Å². The van der Waals surface area contributed by atoms with Crippen molar-refractivity contribution in [3.05, 3.63) is 86.5 Å². The van der Waals surface area contributed by atoms with E-state index in [1.54, 1.807) is 22.4 Å². The van der Waals surface area contributed by atoms with Crippen molar-refractivity contribution in [2.45, 2.75) is 31.1 Å². The van der Waals surface area contributed by atoms with Crippen molar-refractivity contribution in [3.8, 4) is 0 Å². The number of amides is 2. The Balaban J connectivity index is 1.38. The van der Waals surface area contributed by atoms with Crippen molar-refractivity contribution in [3.63, 3.8) is 0 Å². The van der Waals surface area contributed by atoms with E-state index in [-0.39, 0.29) is 29.4 Å². The number of benzene rings is 2. The Labute approximate surface area is 214 Å². The van der Waals surface area contributed by atoms with Crippen molar-refractivity contribution < 1.29 is 9.59 Å². The lowest BCUT2D eigenvalue weighted by Crippen LogP contribution is -2.32. The maximum absolute atomic E-state index is 13.1. The van der Waals surface area contributed by atoms with Crippen LogP contribution in [0.2, 0.25) is 0 Å². The Kier molecular flexibility index (Phi) is 6.42. The van der Waals surface area contributed by atoms with Gasteiger partial charge in [-0.15, -0.1) is 11.3 Å². The molecule has 2 amide bonds. The molecular formula is C25H21BrN4O2S2. The summed E-state index contributed by atoms with van der Waals surface area (Å²) in [5, 5.41) is 16.8. The molecule has 9 heteroatoms. The van der Waals surface area contributed by atoms with Gasteiger partial charge in [-0.1, -0.05) is 58.0 Å². The number of imide groups is 1. The van der Waals surface area contributed by atoms with Crippen LogP contribution < -0.4 is 4.90 Å². The van der Waals surface area contributed by atoms with Crippen LogP contribution in [0.25, 0.3) is 0 Å². The highest BCUT2D eigenvalue weighted by Crippen LogP contribution is 2.38. The number of aryl methyl sites for hydroxylation is 1. The number of nitrogens with zero attached hydrogens (tertiary/aromatic N) is 3. The van der Waals surface area contributed by atoms with Crippen molar-refractivity contribution in [1.82, 2.24) is 5.01 Å². The molecule has 0 aliphatic carbocycles. The van der Waals surface area contributed by atoms with E-state index in [2.05, 4.69) is 15.9 Å². The highest BCUT2D eigenvalue weighted by atomic mass is 79.9. The Morgan fingerprint density at radius 3 is 2.62 bits per heavy atom. The molecule has 1 aromatic heterocycles. The second-order valence-corrected chi connectivity index (χ2v) is 11.2. The van der Waals surface area contributed by atoms with Crippen LogP contribution in [-0.2, 0) is 9.59 Å². The standard InChI is InChI=1S/C25H21BrN4O2S2/c1-15-4-2-5-18(12-15)29-23(31)14-22(24(29)32)34-25(27)30-20(16-7-9-17(26)10-8-16)13-19(28-30)21-6-3-11-33-21/h2-12,20,22,27H,13-14H2,1H3/t20-,22-/m0/s1. The molecule has 0 spiro atoms. The summed E-state index contributed by atoms with van der Waals surface area (Å²) in [4.78, 5) is 28.2. The van der Waals surface area contributed by atoms with Gasteiger partial charge in [-0.05, 0) is 53.8 Å². The fourth-order valence-corrected chi connectivity index (χ4v) is 6.12. The van der Waals surface area contributed by atoms with E-state index in [0.29, 0.717) is 12.1 Å². The van der Waals surface area contributed by atoms with Crippen LogP contribution in [0.3, 0.4) is 0 Å². The van der Waals surface area contributed by atoms with Gasteiger partial charge >= 0.3 is 0 Å². The van der Waals surface area contributed by atoms with E-state index in [9.17, 15) is 9.59 Å². The fraction of sp³-hybridized carbons (Fsp3) is 0.200. The molecule has 172 valence electrons. The second kappa shape index (κ2) is 9.48. The summed E-state index contributed by atoms with van der Waals surface area (Å²) in [5.74, 6) is -0.526. The summed E-state index contributed by atoms with van der Waals surface area (Å²) in [5.41, 5.74) is 3.52. The molecule has 0 saturated carbocycles. The van der Waals surface area contributed by atoms with Crippen LogP contribution in [0.1, 0.15) is 34.9 Å². The molecule has 0 bridgehead atoms. The number of anilines is 1. The van der Waals surface area contributed by atoms with Gasteiger partial charge in [-0.3, -0.25) is 15.0 Å². The predicted octanol–water partition coefficient (Wildman–Crippen LogP) is 5.97. The van der Waals surface area contributed by atoms with Gasteiger partial charge < -0.3 is 0 Å². The van der Waals surface area contributed by atoms with Crippen molar-refractivity contribution in [2.75, 3.05) is 4.90 Å². The number of amidine groups is 1. The Bertz CT molecular complexity index is 1290. The molecule has 0 unspecified atom stereocenters. The van der Waals surface area contributed by atoms with Gasteiger partial charge in [0, 0.05) is 17.3 Å². The maximum atomic E-state index is 13.1. The molecule has 2 aromatic carbocycles. The first-order valence-corrected chi connectivity index (χ1v) is 13.3. The van der Waals surface area contributed by atoms with E-state index in [1.165, 1.54) is 4.90 Å². The lowest BCUT2D eigenvalue weighted by atomic mass is 10.0. The molecule has 1 saturated heterocycles. The Hall–Kier alpha value is -2.75. The monoisotopic (exact) mass is 552 g/mol. The second-order valence-electron chi connectivity index (χ2n) is 8.16. The fourth-order valence-electron chi connectivity index (χ4n) is 4.16. The van der Waals surface area contributed by atoms with Crippen molar-refractivity contribution in [1.29, 1.82) is 5.41 Å². The molecule has 3 heterocycles.